The predicted molar refractivity (Wildman–Crippen MR) is 41.9 cm³/mol. The number of hydrogen-bond acceptors (Lipinski definition) is 2. The van der Waals surface area contributed by atoms with Gasteiger partial charge in [-0.05, 0) is 18.6 Å². The van der Waals surface area contributed by atoms with Crippen LogP contribution in [0, 0.1) is 6.92 Å². The molecule has 1 aromatic heterocycles. The highest BCUT2D eigenvalue weighted by Gasteiger charge is 2.32. The van der Waals surface area contributed by atoms with Gasteiger partial charge in [0.2, 0.25) is 0 Å². The van der Waals surface area contributed by atoms with Crippen LogP contribution in [0.3, 0.4) is 0 Å². The van der Waals surface area contributed by atoms with Gasteiger partial charge in [0, 0.05) is 12.7 Å². The molecule has 0 bridgehead atoms. The van der Waals surface area contributed by atoms with Crippen LogP contribution in [0.5, 0.6) is 0 Å². The minimum atomic E-state index is -4.32. The lowest BCUT2D eigenvalue weighted by Gasteiger charge is -2.10. The smallest absolute Gasteiger partial charge is 0.325 e. The van der Waals surface area contributed by atoms with Crippen LogP contribution >= 0.6 is 0 Å². The third kappa shape index (κ3) is 2.18. The van der Waals surface area contributed by atoms with Gasteiger partial charge in [0.1, 0.15) is 0 Å². The first-order chi connectivity index (χ1) is 5.95. The number of nitrogens with zero attached hydrogens (tertiary/aromatic N) is 1. The molecule has 0 aliphatic carbocycles. The van der Waals surface area contributed by atoms with Gasteiger partial charge < -0.3 is 5.73 Å². The first-order valence-corrected chi connectivity index (χ1v) is 3.68. The van der Waals surface area contributed by atoms with E-state index in [0.29, 0.717) is 0 Å². The van der Waals surface area contributed by atoms with Gasteiger partial charge in [0.05, 0.1) is 11.3 Å². The van der Waals surface area contributed by atoms with Crippen LogP contribution in [0.1, 0.15) is 16.8 Å². The molecule has 1 rings (SSSR count). The van der Waals surface area contributed by atoms with E-state index in [0.717, 1.165) is 6.07 Å². The number of aromatic nitrogens is 1. The average molecular weight is 190 g/mol. The number of nitrogens with two attached hydrogens (primary N) is 1. The van der Waals surface area contributed by atoms with Crippen LogP contribution in [0.15, 0.2) is 12.3 Å². The van der Waals surface area contributed by atoms with E-state index in [2.05, 4.69) is 4.98 Å². The van der Waals surface area contributed by atoms with Crippen LogP contribution in [0.4, 0.5) is 13.2 Å². The average Bonchev–Trinajstić information content (AvgIpc) is 2.03. The molecule has 13 heavy (non-hydrogen) atoms. The zero-order valence-electron chi connectivity index (χ0n) is 7.02. The summed E-state index contributed by atoms with van der Waals surface area (Å²) in [6.07, 6.45) is -3.14. The maximum atomic E-state index is 12.3. The molecule has 0 saturated heterocycles. The van der Waals surface area contributed by atoms with Crippen LogP contribution in [-0.4, -0.2) is 4.98 Å². The summed E-state index contributed by atoms with van der Waals surface area (Å²) in [6, 6.07) is 0.981. The van der Waals surface area contributed by atoms with Gasteiger partial charge in [-0.2, -0.15) is 13.2 Å². The third-order valence-corrected chi connectivity index (χ3v) is 1.67. The van der Waals surface area contributed by atoms with E-state index in [4.69, 9.17) is 5.73 Å². The molecule has 0 aliphatic rings. The molecule has 2 nitrogen and oxygen atoms in total. The van der Waals surface area contributed by atoms with Crippen LogP contribution in [-0.2, 0) is 12.7 Å². The van der Waals surface area contributed by atoms with Crippen LogP contribution in [0.25, 0.3) is 0 Å². The van der Waals surface area contributed by atoms with Crippen molar-refractivity contribution in [1.29, 1.82) is 0 Å². The summed E-state index contributed by atoms with van der Waals surface area (Å²) < 4.78 is 36.9. The SMILES string of the molecule is Cc1cnc(CN)cc1C(F)(F)F. The molecule has 72 valence electrons. The van der Waals surface area contributed by atoms with Crippen molar-refractivity contribution in [3.05, 3.63) is 29.1 Å². The Morgan fingerprint density at radius 2 is 2.08 bits per heavy atom. The summed E-state index contributed by atoms with van der Waals surface area (Å²) in [7, 11) is 0. The summed E-state index contributed by atoms with van der Waals surface area (Å²) >= 11 is 0. The Labute approximate surface area is 73.6 Å². The molecule has 5 heteroatoms. The van der Waals surface area contributed by atoms with E-state index in [1.165, 1.54) is 13.1 Å². The highest BCUT2D eigenvalue weighted by atomic mass is 19.4. The molecular formula is C8H9F3N2. The first-order valence-electron chi connectivity index (χ1n) is 3.68. The summed E-state index contributed by atoms with van der Waals surface area (Å²) in [4.78, 5) is 3.75. The lowest BCUT2D eigenvalue weighted by molar-refractivity contribution is -0.138. The van der Waals surface area contributed by atoms with E-state index >= 15 is 0 Å². The molecule has 1 heterocycles. The molecule has 0 aromatic carbocycles. The second kappa shape index (κ2) is 3.33. The predicted octanol–water partition coefficient (Wildman–Crippen LogP) is 1.87. The Hall–Kier alpha value is -1.10. The number of pyridine rings is 1. The van der Waals surface area contributed by atoms with Gasteiger partial charge in [0.25, 0.3) is 0 Å². The highest BCUT2D eigenvalue weighted by Crippen LogP contribution is 2.31. The standard InChI is InChI=1S/C8H9F3N2/c1-5-4-13-6(3-12)2-7(5)8(9,10)11/h2,4H,3,12H2,1H3. The lowest BCUT2D eigenvalue weighted by Crippen LogP contribution is -2.10. The zero-order chi connectivity index (χ0) is 10.1. The molecule has 1 aromatic rings. The van der Waals surface area contributed by atoms with Gasteiger partial charge >= 0.3 is 6.18 Å². The van der Waals surface area contributed by atoms with Crippen molar-refractivity contribution in [2.75, 3.05) is 0 Å². The van der Waals surface area contributed by atoms with E-state index in [-0.39, 0.29) is 17.8 Å². The van der Waals surface area contributed by atoms with Crippen molar-refractivity contribution < 1.29 is 13.2 Å². The number of hydrogen-bond donors (Lipinski definition) is 1. The quantitative estimate of drug-likeness (QED) is 0.734. The van der Waals surface area contributed by atoms with Crippen molar-refractivity contribution in [2.24, 2.45) is 5.73 Å². The van der Waals surface area contributed by atoms with Crippen LogP contribution in [0.2, 0.25) is 0 Å². The van der Waals surface area contributed by atoms with E-state index in [9.17, 15) is 13.2 Å². The number of rotatable bonds is 1. The molecule has 0 fully saturated rings. The molecule has 0 radical (unpaired) electrons. The summed E-state index contributed by atoms with van der Waals surface area (Å²) in [5.74, 6) is 0. The van der Waals surface area contributed by atoms with Crippen molar-refractivity contribution in [3.8, 4) is 0 Å². The summed E-state index contributed by atoms with van der Waals surface area (Å²) in [5.41, 5.74) is 4.88. The molecule has 2 N–H and O–H groups in total. The van der Waals surface area contributed by atoms with Crippen LogP contribution < -0.4 is 5.73 Å². The van der Waals surface area contributed by atoms with Gasteiger partial charge in [-0.15, -0.1) is 0 Å². The number of alkyl halides is 3. The van der Waals surface area contributed by atoms with E-state index in [1.807, 2.05) is 0 Å². The molecule has 0 saturated carbocycles. The third-order valence-electron chi connectivity index (χ3n) is 1.67. The van der Waals surface area contributed by atoms with Gasteiger partial charge in [-0.1, -0.05) is 0 Å². The number of aryl methyl sites for hydroxylation is 1. The second-order valence-electron chi connectivity index (χ2n) is 2.69. The van der Waals surface area contributed by atoms with Gasteiger partial charge in [-0.25, -0.2) is 0 Å². The molecule has 0 aliphatic heterocycles. The Morgan fingerprint density at radius 3 is 2.54 bits per heavy atom. The Kier molecular flexibility index (Phi) is 2.56. The van der Waals surface area contributed by atoms with E-state index < -0.39 is 11.7 Å². The summed E-state index contributed by atoms with van der Waals surface area (Å²) in [5, 5.41) is 0. The second-order valence-corrected chi connectivity index (χ2v) is 2.69. The molecule has 0 unspecified atom stereocenters. The number of halogens is 3. The minimum Gasteiger partial charge on any atom is -0.325 e. The lowest BCUT2D eigenvalue weighted by atomic mass is 10.1. The first kappa shape index (κ1) is 9.98. The molecule has 0 spiro atoms. The normalized spacial score (nSPS) is 11.8. The monoisotopic (exact) mass is 190 g/mol. The molecular weight excluding hydrogens is 181 g/mol. The highest BCUT2D eigenvalue weighted by molar-refractivity contribution is 5.28. The Balaban J connectivity index is 3.19. The maximum absolute atomic E-state index is 12.3. The molecule has 0 amide bonds. The van der Waals surface area contributed by atoms with Crippen molar-refractivity contribution >= 4 is 0 Å². The Morgan fingerprint density at radius 1 is 1.46 bits per heavy atom. The fourth-order valence-corrected chi connectivity index (χ4v) is 0.984. The van der Waals surface area contributed by atoms with Crippen molar-refractivity contribution in [2.45, 2.75) is 19.6 Å². The van der Waals surface area contributed by atoms with E-state index in [1.54, 1.807) is 0 Å². The molecule has 0 atom stereocenters. The fourth-order valence-electron chi connectivity index (χ4n) is 0.984. The van der Waals surface area contributed by atoms with Gasteiger partial charge in [0.15, 0.2) is 0 Å². The summed E-state index contributed by atoms with van der Waals surface area (Å²) in [6.45, 7) is 1.39. The zero-order valence-corrected chi connectivity index (χ0v) is 7.02. The minimum absolute atomic E-state index is 0.0172. The maximum Gasteiger partial charge on any atom is 0.416 e. The van der Waals surface area contributed by atoms with Crippen molar-refractivity contribution in [1.82, 2.24) is 4.98 Å². The Bertz CT molecular complexity index is 307. The van der Waals surface area contributed by atoms with Gasteiger partial charge in [-0.3, -0.25) is 4.98 Å². The fraction of sp³-hybridized carbons (Fsp3) is 0.375. The topological polar surface area (TPSA) is 38.9 Å². The largest absolute Gasteiger partial charge is 0.416 e. The van der Waals surface area contributed by atoms with Crippen molar-refractivity contribution in [3.63, 3.8) is 0 Å².